The molecule has 2 atom stereocenters. The van der Waals surface area contributed by atoms with Gasteiger partial charge in [0.2, 0.25) is 5.76 Å². The summed E-state index contributed by atoms with van der Waals surface area (Å²) in [5, 5.41) is 4.93. The molecule has 0 saturated heterocycles. The monoisotopic (exact) mass is 521 g/mol. The van der Waals surface area contributed by atoms with Crippen molar-refractivity contribution in [1.29, 1.82) is 0 Å². The van der Waals surface area contributed by atoms with Crippen molar-refractivity contribution < 1.29 is 18.8 Å². The van der Waals surface area contributed by atoms with Gasteiger partial charge in [0.15, 0.2) is 0 Å². The highest BCUT2D eigenvalue weighted by Crippen LogP contribution is 2.45. The third-order valence-corrected chi connectivity index (χ3v) is 6.51. The standard InChI is InChI=1S/C27H21Cl2N3O4/c1-34-20-11-12-21(23(15-20)35-2)26-31-24(16-3-7-18(28)8-4-16)25(17-5-9-19(29)10-6-17)32(26)27(33)22-13-14-30-36-22/h3-15,24-25H,1-2H3. The minimum absolute atomic E-state index is 0.0888. The van der Waals surface area contributed by atoms with Gasteiger partial charge in [0.05, 0.1) is 32.0 Å². The fourth-order valence-corrected chi connectivity index (χ4v) is 4.55. The molecule has 0 spiro atoms. The van der Waals surface area contributed by atoms with Crippen LogP contribution >= 0.6 is 23.2 Å². The van der Waals surface area contributed by atoms with Gasteiger partial charge in [0, 0.05) is 22.2 Å². The molecule has 0 fully saturated rings. The first-order valence-corrected chi connectivity index (χ1v) is 11.8. The van der Waals surface area contributed by atoms with Gasteiger partial charge in [0.1, 0.15) is 23.4 Å². The van der Waals surface area contributed by atoms with Gasteiger partial charge in [0.25, 0.3) is 5.91 Å². The molecule has 4 aromatic rings. The lowest BCUT2D eigenvalue weighted by Crippen LogP contribution is -2.37. The number of hydrogen-bond acceptors (Lipinski definition) is 6. The highest BCUT2D eigenvalue weighted by molar-refractivity contribution is 6.30. The number of nitrogens with zero attached hydrogens (tertiary/aromatic N) is 3. The molecule has 0 aliphatic carbocycles. The van der Waals surface area contributed by atoms with Crippen LogP contribution in [0.15, 0.2) is 88.5 Å². The number of aromatic nitrogens is 1. The number of benzene rings is 3. The summed E-state index contributed by atoms with van der Waals surface area (Å²) in [6, 6.07) is 20.7. The second-order valence-corrected chi connectivity index (χ2v) is 8.94. The number of halogens is 2. The predicted molar refractivity (Wildman–Crippen MR) is 137 cm³/mol. The number of hydrogen-bond donors (Lipinski definition) is 0. The van der Waals surface area contributed by atoms with Crippen LogP contribution in [0.2, 0.25) is 10.0 Å². The Morgan fingerprint density at radius 2 is 1.56 bits per heavy atom. The lowest BCUT2D eigenvalue weighted by atomic mass is 9.93. The van der Waals surface area contributed by atoms with Crippen molar-refractivity contribution in [2.24, 2.45) is 4.99 Å². The molecule has 7 nitrogen and oxygen atoms in total. The summed E-state index contributed by atoms with van der Waals surface area (Å²) in [5.74, 6) is 1.25. The van der Waals surface area contributed by atoms with E-state index in [0.717, 1.165) is 11.1 Å². The molecule has 1 aromatic heterocycles. The lowest BCUT2D eigenvalue weighted by molar-refractivity contribution is 0.0764. The molecule has 36 heavy (non-hydrogen) atoms. The normalized spacial score (nSPS) is 17.1. The van der Waals surface area contributed by atoms with E-state index in [2.05, 4.69) is 5.16 Å². The molecule has 2 unspecified atom stereocenters. The van der Waals surface area contributed by atoms with E-state index in [1.807, 2.05) is 30.3 Å². The Labute approximate surface area is 217 Å². The number of methoxy groups -OCH3 is 2. The number of carbonyl (C=O) groups is 1. The zero-order chi connectivity index (χ0) is 25.2. The van der Waals surface area contributed by atoms with Gasteiger partial charge in [-0.1, -0.05) is 52.6 Å². The topological polar surface area (TPSA) is 77.2 Å². The Kier molecular flexibility index (Phi) is 6.67. The number of rotatable bonds is 6. The lowest BCUT2D eigenvalue weighted by Gasteiger charge is -2.29. The van der Waals surface area contributed by atoms with Crippen LogP contribution in [0, 0.1) is 0 Å². The SMILES string of the molecule is COc1ccc(C2=NC(c3ccc(Cl)cc3)C(c3ccc(Cl)cc3)N2C(=O)c2ccno2)c(OC)c1. The van der Waals surface area contributed by atoms with Crippen molar-refractivity contribution in [3.05, 3.63) is 111 Å². The molecule has 0 bridgehead atoms. The second kappa shape index (κ2) is 10.0. The van der Waals surface area contributed by atoms with E-state index in [1.54, 1.807) is 55.5 Å². The number of amidine groups is 1. The Bertz CT molecular complexity index is 1400. The third kappa shape index (κ3) is 4.43. The molecule has 5 rings (SSSR count). The minimum atomic E-state index is -0.511. The maximum Gasteiger partial charge on any atom is 0.298 e. The molecule has 0 radical (unpaired) electrons. The molecule has 9 heteroatoms. The van der Waals surface area contributed by atoms with Gasteiger partial charge in [-0.25, -0.2) is 0 Å². The summed E-state index contributed by atoms with van der Waals surface area (Å²) in [4.78, 5) is 20.6. The van der Waals surface area contributed by atoms with E-state index in [-0.39, 0.29) is 11.7 Å². The minimum Gasteiger partial charge on any atom is -0.497 e. The van der Waals surface area contributed by atoms with E-state index >= 15 is 0 Å². The Hall–Kier alpha value is -3.81. The fraction of sp³-hybridized carbons (Fsp3) is 0.148. The van der Waals surface area contributed by atoms with Crippen molar-refractivity contribution in [3.63, 3.8) is 0 Å². The summed E-state index contributed by atoms with van der Waals surface area (Å²) < 4.78 is 16.3. The van der Waals surface area contributed by atoms with Gasteiger partial charge in [-0.15, -0.1) is 0 Å². The molecule has 0 saturated carbocycles. The van der Waals surface area contributed by atoms with Gasteiger partial charge in [-0.2, -0.15) is 0 Å². The van der Waals surface area contributed by atoms with Crippen LogP contribution in [0.5, 0.6) is 11.5 Å². The summed E-state index contributed by atoms with van der Waals surface area (Å²) in [6.45, 7) is 0. The third-order valence-electron chi connectivity index (χ3n) is 6.01. The van der Waals surface area contributed by atoms with Crippen molar-refractivity contribution in [3.8, 4) is 11.5 Å². The van der Waals surface area contributed by atoms with Gasteiger partial charge >= 0.3 is 0 Å². The molecule has 2 heterocycles. The maximum atomic E-state index is 13.9. The van der Waals surface area contributed by atoms with Gasteiger partial charge in [-0.05, 0) is 47.5 Å². The quantitative estimate of drug-likeness (QED) is 0.294. The van der Waals surface area contributed by atoms with Crippen LogP contribution in [0.4, 0.5) is 0 Å². The van der Waals surface area contributed by atoms with E-state index < -0.39 is 12.1 Å². The second-order valence-electron chi connectivity index (χ2n) is 8.06. The maximum absolute atomic E-state index is 13.9. The summed E-state index contributed by atoms with van der Waals surface area (Å²) in [6.07, 6.45) is 1.43. The highest BCUT2D eigenvalue weighted by atomic mass is 35.5. The number of amides is 1. The van der Waals surface area contributed by atoms with E-state index in [4.69, 9.17) is 42.2 Å². The Morgan fingerprint density at radius 1 is 0.889 bits per heavy atom. The smallest absolute Gasteiger partial charge is 0.298 e. The number of carbonyl (C=O) groups excluding carboxylic acids is 1. The predicted octanol–water partition coefficient (Wildman–Crippen LogP) is 6.38. The van der Waals surface area contributed by atoms with Crippen LogP contribution < -0.4 is 9.47 Å². The summed E-state index contributed by atoms with van der Waals surface area (Å²) in [7, 11) is 3.14. The van der Waals surface area contributed by atoms with Crippen molar-refractivity contribution in [1.82, 2.24) is 10.1 Å². The van der Waals surface area contributed by atoms with Crippen LogP contribution in [0.25, 0.3) is 0 Å². The first-order valence-electron chi connectivity index (χ1n) is 11.1. The molecular weight excluding hydrogens is 501 g/mol. The van der Waals surface area contributed by atoms with Crippen LogP contribution in [0.3, 0.4) is 0 Å². The van der Waals surface area contributed by atoms with Crippen molar-refractivity contribution in [2.45, 2.75) is 12.1 Å². The van der Waals surface area contributed by atoms with Gasteiger partial charge < -0.3 is 14.0 Å². The molecule has 182 valence electrons. The highest BCUT2D eigenvalue weighted by Gasteiger charge is 2.44. The summed E-state index contributed by atoms with van der Waals surface area (Å²) >= 11 is 12.4. The zero-order valence-corrected chi connectivity index (χ0v) is 20.9. The molecule has 3 aromatic carbocycles. The Morgan fingerprint density at radius 3 is 2.14 bits per heavy atom. The van der Waals surface area contributed by atoms with E-state index in [0.29, 0.717) is 32.9 Å². The average Bonchev–Trinajstić information content (AvgIpc) is 3.58. The van der Waals surface area contributed by atoms with Crippen LogP contribution in [-0.2, 0) is 0 Å². The summed E-state index contributed by atoms with van der Waals surface area (Å²) in [5.41, 5.74) is 2.36. The van der Waals surface area contributed by atoms with Crippen molar-refractivity contribution in [2.75, 3.05) is 14.2 Å². The zero-order valence-electron chi connectivity index (χ0n) is 19.4. The number of ether oxygens (including phenoxy) is 2. The van der Waals surface area contributed by atoms with E-state index in [1.165, 1.54) is 12.3 Å². The van der Waals surface area contributed by atoms with E-state index in [9.17, 15) is 4.79 Å². The molecule has 1 amide bonds. The molecule has 1 aliphatic rings. The molecular formula is C27H21Cl2N3O4. The first-order chi connectivity index (χ1) is 17.5. The van der Waals surface area contributed by atoms with Gasteiger partial charge in [-0.3, -0.25) is 14.7 Å². The van der Waals surface area contributed by atoms with Crippen molar-refractivity contribution >= 4 is 34.9 Å². The molecule has 1 aliphatic heterocycles. The van der Waals surface area contributed by atoms with Crippen LogP contribution in [0.1, 0.15) is 39.3 Å². The first kappa shape index (κ1) is 23.9. The average molecular weight is 522 g/mol. The fourth-order valence-electron chi connectivity index (χ4n) is 4.30. The van der Waals surface area contributed by atoms with Crippen LogP contribution in [-0.4, -0.2) is 36.0 Å². The Balaban J connectivity index is 1.73. The molecule has 0 N–H and O–H groups in total. The largest absolute Gasteiger partial charge is 0.497 e. The number of aliphatic imine (C=N–C) groups is 1.